The Balaban J connectivity index is 1.55. The quantitative estimate of drug-likeness (QED) is 0.631. The Morgan fingerprint density at radius 3 is 2.60 bits per heavy atom. The second-order valence-corrected chi connectivity index (χ2v) is 6.22. The number of hydrogen-bond donors (Lipinski definition) is 0. The number of carbonyl (C=O) groups excluding carboxylic acids is 1. The highest BCUT2D eigenvalue weighted by molar-refractivity contribution is 9.10. The van der Waals surface area contributed by atoms with E-state index in [2.05, 4.69) is 26.1 Å². The van der Waals surface area contributed by atoms with Crippen LogP contribution in [0.2, 0.25) is 0 Å². The molecule has 25 heavy (non-hydrogen) atoms. The van der Waals surface area contributed by atoms with Crippen molar-refractivity contribution in [1.29, 1.82) is 0 Å². The number of rotatable bonds is 6. The number of nitrogens with zero attached hydrogens (tertiary/aromatic N) is 3. The summed E-state index contributed by atoms with van der Waals surface area (Å²) in [6.07, 6.45) is -0.0264. The summed E-state index contributed by atoms with van der Waals surface area (Å²) >= 11 is 3.47. The van der Waals surface area contributed by atoms with Gasteiger partial charge in [0.25, 0.3) is 11.8 Å². The van der Waals surface area contributed by atoms with Crippen molar-refractivity contribution >= 4 is 21.8 Å². The molecule has 0 aliphatic rings. The van der Waals surface area contributed by atoms with Crippen molar-refractivity contribution in [3.63, 3.8) is 0 Å². The van der Waals surface area contributed by atoms with E-state index in [9.17, 15) is 4.79 Å². The van der Waals surface area contributed by atoms with Gasteiger partial charge >= 0.3 is 6.08 Å². The van der Waals surface area contributed by atoms with E-state index in [4.69, 9.17) is 9.15 Å². The Kier molecular flexibility index (Phi) is 5.45. The fraction of sp³-hybridized carbons (Fsp3) is 0.167. The molecule has 0 unspecified atom stereocenters. The van der Waals surface area contributed by atoms with Crippen molar-refractivity contribution in [2.75, 3.05) is 13.7 Å². The van der Waals surface area contributed by atoms with Crippen molar-refractivity contribution in [1.82, 2.24) is 15.1 Å². The van der Waals surface area contributed by atoms with Gasteiger partial charge in [-0.1, -0.05) is 57.4 Å². The molecule has 1 heterocycles. The van der Waals surface area contributed by atoms with Crippen molar-refractivity contribution in [3.05, 3.63) is 64.6 Å². The van der Waals surface area contributed by atoms with Crippen molar-refractivity contribution in [3.8, 4) is 17.5 Å². The topological polar surface area (TPSA) is 68.5 Å². The van der Waals surface area contributed by atoms with Gasteiger partial charge in [-0.25, -0.2) is 0 Å². The summed E-state index contributed by atoms with van der Waals surface area (Å²) < 4.78 is 11.7. The predicted octanol–water partition coefficient (Wildman–Crippen LogP) is 3.54. The van der Waals surface area contributed by atoms with Crippen LogP contribution in [-0.4, -0.2) is 34.7 Å². The zero-order valence-corrected chi connectivity index (χ0v) is 15.1. The van der Waals surface area contributed by atoms with Gasteiger partial charge in [0.1, 0.15) is 0 Å². The first-order valence-electron chi connectivity index (χ1n) is 7.62. The molecule has 0 N–H and O–H groups in total. The lowest BCUT2D eigenvalue weighted by Gasteiger charge is -2.17. The molecular formula is C18H16BrN3O3. The monoisotopic (exact) mass is 401 g/mol. The number of hydrogen-bond acceptors (Lipinski definition) is 5. The summed E-state index contributed by atoms with van der Waals surface area (Å²) in [4.78, 5) is 13.8. The van der Waals surface area contributed by atoms with E-state index in [1.165, 1.54) is 0 Å². The van der Waals surface area contributed by atoms with Crippen molar-refractivity contribution in [2.24, 2.45) is 0 Å². The minimum atomic E-state index is -0.185. The summed E-state index contributed by atoms with van der Waals surface area (Å²) in [6, 6.07) is 17.1. The molecule has 0 spiro atoms. The van der Waals surface area contributed by atoms with Crippen LogP contribution in [0.1, 0.15) is 5.56 Å². The summed E-state index contributed by atoms with van der Waals surface area (Å²) in [5.74, 6) is 0.167. The van der Waals surface area contributed by atoms with Crippen LogP contribution in [0.3, 0.4) is 0 Å². The van der Waals surface area contributed by atoms with E-state index in [0.29, 0.717) is 12.4 Å². The second-order valence-electron chi connectivity index (χ2n) is 5.37. The van der Waals surface area contributed by atoms with Gasteiger partial charge in [0, 0.05) is 23.6 Å². The standard InChI is InChI=1S/C18H16BrN3O3/c1-22(11-14-9-5-6-10-15(14)19)16(23)12-24-18-21-20-17(25-18)13-7-3-2-4-8-13/h2-10H,11-12H2,1H3. The first-order valence-corrected chi connectivity index (χ1v) is 8.42. The third kappa shape index (κ3) is 4.45. The third-order valence-electron chi connectivity index (χ3n) is 3.54. The number of amides is 1. The SMILES string of the molecule is CN(Cc1ccccc1Br)C(=O)COc1nnc(-c2ccccc2)o1. The molecule has 1 amide bonds. The molecule has 128 valence electrons. The second kappa shape index (κ2) is 7.94. The normalized spacial score (nSPS) is 10.5. The zero-order chi connectivity index (χ0) is 17.6. The number of halogens is 1. The first-order chi connectivity index (χ1) is 12.1. The van der Waals surface area contributed by atoms with E-state index in [0.717, 1.165) is 15.6 Å². The maximum atomic E-state index is 12.2. The lowest BCUT2D eigenvalue weighted by molar-refractivity contribution is -0.133. The summed E-state index contributed by atoms with van der Waals surface area (Å²) in [5.41, 5.74) is 1.81. The largest absolute Gasteiger partial charge is 0.439 e. The number of carbonyl (C=O) groups is 1. The molecule has 3 rings (SSSR count). The van der Waals surface area contributed by atoms with Gasteiger partial charge in [-0.15, -0.1) is 5.10 Å². The van der Waals surface area contributed by atoms with Crippen LogP contribution >= 0.6 is 15.9 Å². The molecule has 0 bridgehead atoms. The lowest BCUT2D eigenvalue weighted by Crippen LogP contribution is -2.31. The van der Waals surface area contributed by atoms with Crippen molar-refractivity contribution < 1.29 is 13.9 Å². The van der Waals surface area contributed by atoms with Gasteiger partial charge in [0.15, 0.2) is 6.61 Å². The molecular weight excluding hydrogens is 386 g/mol. The van der Waals surface area contributed by atoms with Crippen LogP contribution in [0.15, 0.2) is 63.5 Å². The number of aromatic nitrogens is 2. The number of likely N-dealkylation sites (N-methyl/N-ethyl adjacent to an activating group) is 1. The van der Waals surface area contributed by atoms with Gasteiger partial charge in [0.2, 0.25) is 0 Å². The molecule has 0 saturated heterocycles. The molecule has 0 aliphatic heterocycles. The number of ether oxygens (including phenoxy) is 1. The molecule has 0 saturated carbocycles. The maximum Gasteiger partial charge on any atom is 0.415 e. The molecule has 0 aliphatic carbocycles. The Morgan fingerprint density at radius 1 is 1.12 bits per heavy atom. The van der Waals surface area contributed by atoms with Crippen LogP contribution in [0, 0.1) is 0 Å². The first kappa shape index (κ1) is 17.2. The van der Waals surface area contributed by atoms with Gasteiger partial charge in [-0.3, -0.25) is 4.79 Å². The molecule has 0 radical (unpaired) electrons. The van der Waals surface area contributed by atoms with Gasteiger partial charge < -0.3 is 14.1 Å². The fourth-order valence-corrected chi connectivity index (χ4v) is 2.58. The van der Waals surface area contributed by atoms with Gasteiger partial charge in [-0.2, -0.15) is 0 Å². The molecule has 3 aromatic rings. The minimum absolute atomic E-state index is 0.0264. The summed E-state index contributed by atoms with van der Waals surface area (Å²) in [7, 11) is 1.72. The molecule has 6 nitrogen and oxygen atoms in total. The Bertz CT molecular complexity index is 852. The van der Waals surface area contributed by atoms with Crippen LogP contribution in [0.4, 0.5) is 0 Å². The van der Waals surface area contributed by atoms with E-state index in [1.54, 1.807) is 11.9 Å². The summed E-state index contributed by atoms with van der Waals surface area (Å²) in [6.45, 7) is 0.306. The van der Waals surface area contributed by atoms with Crippen molar-refractivity contribution in [2.45, 2.75) is 6.54 Å². The highest BCUT2D eigenvalue weighted by Crippen LogP contribution is 2.20. The van der Waals surface area contributed by atoms with Gasteiger partial charge in [-0.05, 0) is 23.8 Å². The molecule has 0 atom stereocenters. The lowest BCUT2D eigenvalue weighted by atomic mass is 10.2. The molecule has 2 aromatic carbocycles. The highest BCUT2D eigenvalue weighted by Gasteiger charge is 2.14. The van der Waals surface area contributed by atoms with Crippen LogP contribution < -0.4 is 4.74 Å². The minimum Gasteiger partial charge on any atom is -0.439 e. The van der Waals surface area contributed by atoms with E-state index in [1.807, 2.05) is 54.6 Å². The Hall–Kier alpha value is -2.67. The Morgan fingerprint density at radius 2 is 1.84 bits per heavy atom. The predicted molar refractivity (Wildman–Crippen MR) is 95.8 cm³/mol. The molecule has 7 heteroatoms. The van der Waals surface area contributed by atoms with E-state index < -0.39 is 0 Å². The van der Waals surface area contributed by atoms with Gasteiger partial charge in [0.05, 0.1) is 0 Å². The Labute approximate surface area is 153 Å². The fourth-order valence-electron chi connectivity index (χ4n) is 2.17. The average molecular weight is 402 g/mol. The van der Waals surface area contributed by atoms with Crippen LogP contribution in [0.5, 0.6) is 6.08 Å². The number of benzene rings is 2. The highest BCUT2D eigenvalue weighted by atomic mass is 79.9. The van der Waals surface area contributed by atoms with Crippen LogP contribution in [0.25, 0.3) is 11.5 Å². The molecule has 0 fully saturated rings. The molecule has 1 aromatic heterocycles. The smallest absolute Gasteiger partial charge is 0.415 e. The third-order valence-corrected chi connectivity index (χ3v) is 4.31. The van der Waals surface area contributed by atoms with Crippen LogP contribution in [-0.2, 0) is 11.3 Å². The average Bonchev–Trinajstić information content (AvgIpc) is 3.11. The van der Waals surface area contributed by atoms with E-state index in [-0.39, 0.29) is 18.6 Å². The zero-order valence-electron chi connectivity index (χ0n) is 13.6. The maximum absolute atomic E-state index is 12.2. The van der Waals surface area contributed by atoms with E-state index >= 15 is 0 Å². The summed E-state index contributed by atoms with van der Waals surface area (Å²) in [5, 5.41) is 7.72.